The number of anilines is 1. The van der Waals surface area contributed by atoms with Gasteiger partial charge in [0.25, 0.3) is 0 Å². The van der Waals surface area contributed by atoms with Crippen LogP contribution in [0.1, 0.15) is 25.0 Å². The zero-order valence-corrected chi connectivity index (χ0v) is 17.1. The fourth-order valence-electron chi connectivity index (χ4n) is 3.45. The maximum atomic E-state index is 12.9. The van der Waals surface area contributed by atoms with Crippen molar-refractivity contribution >= 4 is 17.6 Å². The number of carbonyl (C=O) groups is 2. The Morgan fingerprint density at radius 3 is 2.67 bits per heavy atom. The number of amides is 2. The van der Waals surface area contributed by atoms with Gasteiger partial charge in [0.1, 0.15) is 11.6 Å². The molecule has 0 spiro atoms. The third-order valence-corrected chi connectivity index (χ3v) is 5.18. The Hall–Kier alpha value is -3.16. The van der Waals surface area contributed by atoms with Crippen LogP contribution in [-0.4, -0.2) is 46.2 Å². The Morgan fingerprint density at radius 1 is 1.30 bits per heavy atom. The minimum absolute atomic E-state index is 0.0648. The van der Waals surface area contributed by atoms with Crippen LogP contribution in [0.2, 0.25) is 0 Å². The molecule has 1 aromatic heterocycles. The molecule has 1 aliphatic rings. The Kier molecular flexibility index (Phi) is 7.21. The summed E-state index contributed by atoms with van der Waals surface area (Å²) in [5, 5.41) is 7.35. The Bertz CT molecular complexity index is 886. The topological polar surface area (TPSA) is 76.5 Å². The van der Waals surface area contributed by atoms with Gasteiger partial charge in [-0.25, -0.2) is 4.39 Å². The van der Waals surface area contributed by atoms with E-state index in [0.717, 1.165) is 12.1 Å². The van der Waals surface area contributed by atoms with Gasteiger partial charge in [-0.15, -0.1) is 0 Å². The maximum Gasteiger partial charge on any atom is 0.245 e. The van der Waals surface area contributed by atoms with Crippen LogP contribution in [0.3, 0.4) is 0 Å². The van der Waals surface area contributed by atoms with E-state index in [1.807, 2.05) is 17.7 Å². The van der Waals surface area contributed by atoms with E-state index in [0.29, 0.717) is 50.7 Å². The third kappa shape index (κ3) is 5.68. The molecule has 8 heteroatoms. The Balaban J connectivity index is 1.44. The summed E-state index contributed by atoms with van der Waals surface area (Å²) in [6.45, 7) is 7.68. The van der Waals surface area contributed by atoms with Crippen LogP contribution in [0.25, 0.3) is 0 Å². The number of nitrogens with one attached hydrogen (secondary N) is 1. The summed E-state index contributed by atoms with van der Waals surface area (Å²) in [5.41, 5.74) is 0.943. The molecule has 1 aromatic carbocycles. The highest BCUT2D eigenvalue weighted by molar-refractivity contribution is 5.92. The summed E-state index contributed by atoms with van der Waals surface area (Å²) in [7, 11) is 0. The van der Waals surface area contributed by atoms with E-state index in [1.54, 1.807) is 17.0 Å². The summed E-state index contributed by atoms with van der Waals surface area (Å²) in [4.78, 5) is 25.9. The Labute approximate surface area is 175 Å². The highest BCUT2D eigenvalue weighted by Crippen LogP contribution is 2.20. The van der Waals surface area contributed by atoms with Gasteiger partial charge in [0.05, 0.1) is 6.61 Å². The molecular weight excluding hydrogens is 387 g/mol. The Morgan fingerprint density at radius 2 is 2.00 bits per heavy atom. The van der Waals surface area contributed by atoms with Gasteiger partial charge >= 0.3 is 0 Å². The monoisotopic (exact) mass is 414 g/mol. The smallest absolute Gasteiger partial charge is 0.245 e. The zero-order valence-electron chi connectivity index (χ0n) is 17.1. The summed E-state index contributed by atoms with van der Waals surface area (Å²) in [6, 6.07) is 7.77. The van der Waals surface area contributed by atoms with Gasteiger partial charge in [0.2, 0.25) is 11.8 Å². The van der Waals surface area contributed by atoms with Crippen molar-refractivity contribution in [2.75, 3.05) is 25.0 Å². The lowest BCUT2D eigenvalue weighted by molar-refractivity contribution is -0.130. The summed E-state index contributed by atoms with van der Waals surface area (Å²) in [6.07, 6.45) is 3.29. The fourth-order valence-corrected chi connectivity index (χ4v) is 3.45. The van der Waals surface area contributed by atoms with Crippen LogP contribution in [0, 0.1) is 18.7 Å². The van der Waals surface area contributed by atoms with Crippen LogP contribution in [-0.2, 0) is 16.1 Å². The van der Waals surface area contributed by atoms with Crippen LogP contribution in [0.5, 0.6) is 5.75 Å². The van der Waals surface area contributed by atoms with Gasteiger partial charge in [-0.2, -0.15) is 5.10 Å². The zero-order chi connectivity index (χ0) is 21.5. The van der Waals surface area contributed by atoms with Crippen LogP contribution in [0.15, 0.2) is 43.0 Å². The first kappa shape index (κ1) is 21.5. The normalized spacial score (nSPS) is 14.4. The van der Waals surface area contributed by atoms with Crippen LogP contribution in [0.4, 0.5) is 10.2 Å². The van der Waals surface area contributed by atoms with Crippen molar-refractivity contribution in [2.24, 2.45) is 5.92 Å². The van der Waals surface area contributed by atoms with Gasteiger partial charge in [-0.1, -0.05) is 6.58 Å². The molecule has 0 aliphatic carbocycles. The van der Waals surface area contributed by atoms with E-state index in [9.17, 15) is 14.0 Å². The summed E-state index contributed by atoms with van der Waals surface area (Å²) < 4.78 is 20.3. The number of rotatable bonds is 8. The number of aryl methyl sites for hydroxylation is 2. The second kappa shape index (κ2) is 10.0. The maximum absolute atomic E-state index is 12.9. The van der Waals surface area contributed by atoms with Crippen molar-refractivity contribution in [3.8, 4) is 5.75 Å². The molecule has 160 valence electrons. The number of benzene rings is 1. The first-order valence-corrected chi connectivity index (χ1v) is 10.1. The quantitative estimate of drug-likeness (QED) is 0.532. The average Bonchev–Trinajstić information content (AvgIpc) is 3.10. The lowest BCUT2D eigenvalue weighted by Crippen LogP contribution is -2.40. The second-order valence-corrected chi connectivity index (χ2v) is 7.34. The standard InChI is InChI=1S/C22H27FN4O3/c1-3-21(28)26-12-9-17(10-13-26)22(29)24-20-15-16(2)27(25-20)11-4-14-30-19-7-5-18(23)6-8-19/h3,5-8,15,17H,1,4,9-14H2,2H3,(H,24,25,29). The average molecular weight is 414 g/mol. The van der Waals surface area contributed by atoms with E-state index in [1.165, 1.54) is 18.2 Å². The van der Waals surface area contributed by atoms with Gasteiger partial charge in [-0.05, 0) is 50.1 Å². The molecule has 3 rings (SSSR count). The number of piperidine rings is 1. The first-order valence-electron chi connectivity index (χ1n) is 10.1. The number of aromatic nitrogens is 2. The number of likely N-dealkylation sites (tertiary alicyclic amines) is 1. The molecule has 0 unspecified atom stereocenters. The van der Waals surface area contributed by atoms with Crippen molar-refractivity contribution < 1.29 is 18.7 Å². The lowest BCUT2D eigenvalue weighted by Gasteiger charge is -2.30. The van der Waals surface area contributed by atoms with Crippen molar-refractivity contribution in [1.82, 2.24) is 14.7 Å². The molecule has 0 bridgehead atoms. The van der Waals surface area contributed by atoms with Gasteiger partial charge in [-0.3, -0.25) is 14.3 Å². The van der Waals surface area contributed by atoms with E-state index < -0.39 is 0 Å². The van der Waals surface area contributed by atoms with Crippen molar-refractivity contribution in [2.45, 2.75) is 32.7 Å². The molecule has 0 atom stereocenters. The van der Waals surface area contributed by atoms with E-state index in [2.05, 4.69) is 17.0 Å². The fraction of sp³-hybridized carbons (Fsp3) is 0.409. The van der Waals surface area contributed by atoms with Gasteiger partial charge in [0.15, 0.2) is 5.82 Å². The van der Waals surface area contributed by atoms with Crippen molar-refractivity contribution in [1.29, 1.82) is 0 Å². The highest BCUT2D eigenvalue weighted by Gasteiger charge is 2.26. The molecule has 0 radical (unpaired) electrons. The molecule has 2 aromatic rings. The second-order valence-electron chi connectivity index (χ2n) is 7.34. The minimum Gasteiger partial charge on any atom is -0.494 e. The molecule has 7 nitrogen and oxygen atoms in total. The van der Waals surface area contributed by atoms with E-state index in [4.69, 9.17) is 4.74 Å². The first-order chi connectivity index (χ1) is 14.5. The van der Waals surface area contributed by atoms with Gasteiger partial charge in [0, 0.05) is 43.7 Å². The molecule has 2 amide bonds. The van der Waals surface area contributed by atoms with Crippen molar-refractivity contribution in [3.63, 3.8) is 0 Å². The molecule has 1 saturated heterocycles. The third-order valence-electron chi connectivity index (χ3n) is 5.18. The summed E-state index contributed by atoms with van der Waals surface area (Å²) >= 11 is 0. The molecule has 2 heterocycles. The molecule has 30 heavy (non-hydrogen) atoms. The number of nitrogens with zero attached hydrogens (tertiary/aromatic N) is 3. The summed E-state index contributed by atoms with van der Waals surface area (Å²) in [5.74, 6) is 0.578. The lowest BCUT2D eigenvalue weighted by atomic mass is 9.96. The largest absolute Gasteiger partial charge is 0.494 e. The number of hydrogen-bond acceptors (Lipinski definition) is 4. The van der Waals surface area contributed by atoms with Crippen molar-refractivity contribution in [3.05, 3.63) is 54.5 Å². The molecule has 0 saturated carbocycles. The SMILES string of the molecule is C=CC(=O)N1CCC(C(=O)Nc2cc(C)n(CCCOc3ccc(F)cc3)n2)CC1. The molecular formula is C22H27FN4O3. The molecule has 1 fully saturated rings. The number of ether oxygens (including phenoxy) is 1. The predicted molar refractivity (Wildman–Crippen MR) is 112 cm³/mol. The number of hydrogen-bond donors (Lipinski definition) is 1. The van der Waals surface area contributed by atoms with E-state index >= 15 is 0 Å². The number of halogens is 1. The van der Waals surface area contributed by atoms with E-state index in [-0.39, 0.29) is 23.5 Å². The van der Waals surface area contributed by atoms with Crippen LogP contribution < -0.4 is 10.1 Å². The van der Waals surface area contributed by atoms with Gasteiger partial charge < -0.3 is 15.0 Å². The number of carbonyl (C=O) groups excluding carboxylic acids is 2. The predicted octanol–water partition coefficient (Wildman–Crippen LogP) is 3.16. The highest BCUT2D eigenvalue weighted by atomic mass is 19.1. The molecule has 1 N–H and O–H groups in total. The van der Waals surface area contributed by atoms with Crippen LogP contribution >= 0.6 is 0 Å². The minimum atomic E-state index is -0.292. The molecule has 1 aliphatic heterocycles.